The third-order valence-corrected chi connectivity index (χ3v) is 1.82. The van der Waals surface area contributed by atoms with Crippen LogP contribution in [0.25, 0.3) is 0 Å². The van der Waals surface area contributed by atoms with E-state index < -0.39 is 0 Å². The molecule has 14 heavy (non-hydrogen) atoms. The maximum Gasteiger partial charge on any atom is 0.259 e. The van der Waals surface area contributed by atoms with Gasteiger partial charge in [0.25, 0.3) is 5.91 Å². The molecule has 0 saturated heterocycles. The van der Waals surface area contributed by atoms with Crippen molar-refractivity contribution in [2.75, 3.05) is 20.7 Å². The second-order valence-corrected chi connectivity index (χ2v) is 3.22. The molecule has 0 radical (unpaired) electrons. The Labute approximate surface area is 83.5 Å². The SMILES string of the molecule is Cc1cnccc1OCC(=O)N(C)C. The molecule has 0 saturated carbocycles. The third-order valence-electron chi connectivity index (χ3n) is 1.82. The largest absolute Gasteiger partial charge is 0.483 e. The van der Waals surface area contributed by atoms with Crippen LogP contribution in [0.2, 0.25) is 0 Å². The zero-order valence-electron chi connectivity index (χ0n) is 8.65. The molecule has 0 fully saturated rings. The molecule has 0 aliphatic carbocycles. The van der Waals surface area contributed by atoms with E-state index in [1.807, 2.05) is 6.92 Å². The van der Waals surface area contributed by atoms with Crippen LogP contribution < -0.4 is 4.74 Å². The number of likely N-dealkylation sites (N-methyl/N-ethyl adjacent to an activating group) is 1. The van der Waals surface area contributed by atoms with E-state index in [-0.39, 0.29) is 12.5 Å². The minimum Gasteiger partial charge on any atom is -0.483 e. The third kappa shape index (κ3) is 2.73. The van der Waals surface area contributed by atoms with Crippen molar-refractivity contribution in [1.82, 2.24) is 9.88 Å². The Kier molecular flexibility index (Phi) is 3.45. The molecular weight excluding hydrogens is 180 g/mol. The van der Waals surface area contributed by atoms with Gasteiger partial charge in [-0.25, -0.2) is 0 Å². The highest BCUT2D eigenvalue weighted by atomic mass is 16.5. The number of ether oxygens (including phenoxy) is 1. The van der Waals surface area contributed by atoms with Gasteiger partial charge in [0.1, 0.15) is 5.75 Å². The fraction of sp³-hybridized carbons (Fsp3) is 0.400. The van der Waals surface area contributed by atoms with E-state index in [1.165, 1.54) is 4.90 Å². The zero-order chi connectivity index (χ0) is 10.6. The molecule has 0 aliphatic rings. The summed E-state index contributed by atoms with van der Waals surface area (Å²) in [7, 11) is 3.40. The number of carbonyl (C=O) groups is 1. The van der Waals surface area contributed by atoms with Gasteiger partial charge < -0.3 is 9.64 Å². The second-order valence-electron chi connectivity index (χ2n) is 3.22. The van der Waals surface area contributed by atoms with Gasteiger partial charge in [0, 0.05) is 32.1 Å². The van der Waals surface area contributed by atoms with E-state index in [0.29, 0.717) is 5.75 Å². The molecule has 1 aromatic heterocycles. The van der Waals surface area contributed by atoms with Crippen molar-refractivity contribution in [2.45, 2.75) is 6.92 Å². The number of hydrogen-bond donors (Lipinski definition) is 0. The molecule has 0 aliphatic heterocycles. The lowest BCUT2D eigenvalue weighted by atomic mass is 10.3. The predicted octanol–water partition coefficient (Wildman–Crippen LogP) is 0.857. The van der Waals surface area contributed by atoms with Gasteiger partial charge in [-0.3, -0.25) is 9.78 Å². The number of pyridine rings is 1. The number of hydrogen-bond acceptors (Lipinski definition) is 3. The van der Waals surface area contributed by atoms with Gasteiger partial charge in [0.15, 0.2) is 6.61 Å². The Hall–Kier alpha value is -1.58. The van der Waals surface area contributed by atoms with Crippen LogP contribution in [-0.4, -0.2) is 36.5 Å². The van der Waals surface area contributed by atoms with Gasteiger partial charge in [-0.05, 0) is 13.0 Å². The van der Waals surface area contributed by atoms with Crippen LogP contribution in [0, 0.1) is 6.92 Å². The Morgan fingerprint density at radius 2 is 2.29 bits per heavy atom. The van der Waals surface area contributed by atoms with Crippen molar-refractivity contribution in [3.05, 3.63) is 24.0 Å². The molecule has 4 heteroatoms. The van der Waals surface area contributed by atoms with Gasteiger partial charge in [-0.15, -0.1) is 0 Å². The Morgan fingerprint density at radius 1 is 1.57 bits per heavy atom. The number of aryl methyl sites for hydroxylation is 1. The minimum absolute atomic E-state index is 0.0544. The standard InChI is InChI=1S/C10H14N2O2/c1-8-6-11-5-4-9(8)14-7-10(13)12(2)3/h4-6H,7H2,1-3H3. The first-order valence-electron chi connectivity index (χ1n) is 4.35. The topological polar surface area (TPSA) is 42.4 Å². The van der Waals surface area contributed by atoms with Crippen molar-refractivity contribution < 1.29 is 9.53 Å². The van der Waals surface area contributed by atoms with Crippen molar-refractivity contribution in [3.63, 3.8) is 0 Å². The maximum absolute atomic E-state index is 11.2. The van der Waals surface area contributed by atoms with Crippen molar-refractivity contribution in [1.29, 1.82) is 0 Å². The first-order valence-corrected chi connectivity index (χ1v) is 4.35. The minimum atomic E-state index is -0.0544. The van der Waals surface area contributed by atoms with E-state index in [0.717, 1.165) is 5.56 Å². The quantitative estimate of drug-likeness (QED) is 0.716. The summed E-state index contributed by atoms with van der Waals surface area (Å²) in [5.74, 6) is 0.649. The molecule has 76 valence electrons. The summed E-state index contributed by atoms with van der Waals surface area (Å²) >= 11 is 0. The molecule has 1 heterocycles. The van der Waals surface area contributed by atoms with Crippen LogP contribution in [0.5, 0.6) is 5.75 Å². The summed E-state index contributed by atoms with van der Waals surface area (Å²) < 4.78 is 5.33. The van der Waals surface area contributed by atoms with Crippen LogP contribution in [0.1, 0.15) is 5.56 Å². The Balaban J connectivity index is 2.54. The molecule has 1 amide bonds. The smallest absolute Gasteiger partial charge is 0.259 e. The van der Waals surface area contributed by atoms with Crippen molar-refractivity contribution in [3.8, 4) is 5.75 Å². The summed E-state index contributed by atoms with van der Waals surface area (Å²) in [5, 5.41) is 0. The molecule has 0 unspecified atom stereocenters. The van der Waals surface area contributed by atoms with E-state index in [1.54, 1.807) is 32.6 Å². The van der Waals surface area contributed by atoms with Gasteiger partial charge in [-0.1, -0.05) is 0 Å². The average molecular weight is 194 g/mol. The van der Waals surface area contributed by atoms with E-state index >= 15 is 0 Å². The fourth-order valence-corrected chi connectivity index (χ4v) is 0.891. The van der Waals surface area contributed by atoms with E-state index in [2.05, 4.69) is 4.98 Å². The lowest BCUT2D eigenvalue weighted by molar-refractivity contribution is -0.130. The van der Waals surface area contributed by atoms with Crippen LogP contribution in [-0.2, 0) is 4.79 Å². The second kappa shape index (κ2) is 4.60. The summed E-state index contributed by atoms with van der Waals surface area (Å²) in [5.41, 5.74) is 0.930. The monoisotopic (exact) mass is 194 g/mol. The summed E-state index contributed by atoms with van der Waals surface area (Å²) in [6, 6.07) is 1.75. The molecule has 0 atom stereocenters. The first-order chi connectivity index (χ1) is 6.61. The highest BCUT2D eigenvalue weighted by molar-refractivity contribution is 5.77. The molecule has 0 aromatic carbocycles. The molecule has 0 bridgehead atoms. The van der Waals surface area contributed by atoms with Crippen molar-refractivity contribution in [2.24, 2.45) is 0 Å². The van der Waals surface area contributed by atoms with Crippen LogP contribution >= 0.6 is 0 Å². The molecule has 0 spiro atoms. The molecular formula is C10H14N2O2. The summed E-state index contributed by atoms with van der Waals surface area (Å²) in [6.07, 6.45) is 3.35. The lowest BCUT2D eigenvalue weighted by Gasteiger charge is -2.12. The maximum atomic E-state index is 11.2. The fourth-order valence-electron chi connectivity index (χ4n) is 0.891. The van der Waals surface area contributed by atoms with Gasteiger partial charge >= 0.3 is 0 Å². The number of nitrogens with zero attached hydrogens (tertiary/aromatic N) is 2. The number of amides is 1. The number of aromatic nitrogens is 1. The lowest BCUT2D eigenvalue weighted by Crippen LogP contribution is -2.27. The highest BCUT2D eigenvalue weighted by Crippen LogP contribution is 2.14. The van der Waals surface area contributed by atoms with E-state index in [9.17, 15) is 4.79 Å². The highest BCUT2D eigenvalue weighted by Gasteiger charge is 2.05. The molecule has 4 nitrogen and oxygen atoms in total. The van der Waals surface area contributed by atoms with Crippen LogP contribution in [0.4, 0.5) is 0 Å². The molecule has 1 aromatic rings. The average Bonchev–Trinajstić information content (AvgIpc) is 2.16. The summed E-state index contributed by atoms with van der Waals surface area (Å²) in [6.45, 7) is 1.96. The molecule has 1 rings (SSSR count). The van der Waals surface area contributed by atoms with Crippen LogP contribution in [0.3, 0.4) is 0 Å². The van der Waals surface area contributed by atoms with Gasteiger partial charge in [-0.2, -0.15) is 0 Å². The zero-order valence-corrected chi connectivity index (χ0v) is 8.65. The van der Waals surface area contributed by atoms with Gasteiger partial charge in [0.05, 0.1) is 0 Å². The van der Waals surface area contributed by atoms with E-state index in [4.69, 9.17) is 4.74 Å². The van der Waals surface area contributed by atoms with Crippen molar-refractivity contribution >= 4 is 5.91 Å². The van der Waals surface area contributed by atoms with Crippen LogP contribution in [0.15, 0.2) is 18.5 Å². The summed E-state index contributed by atoms with van der Waals surface area (Å²) in [4.78, 5) is 16.6. The Bertz CT molecular complexity index is 324. The Morgan fingerprint density at radius 3 is 2.86 bits per heavy atom. The van der Waals surface area contributed by atoms with Gasteiger partial charge in [0.2, 0.25) is 0 Å². The predicted molar refractivity (Wildman–Crippen MR) is 53.2 cm³/mol. The normalized spacial score (nSPS) is 9.64. The molecule has 0 N–H and O–H groups in total. The number of rotatable bonds is 3. The number of carbonyl (C=O) groups excluding carboxylic acids is 1. The first kappa shape index (κ1) is 10.5.